The summed E-state index contributed by atoms with van der Waals surface area (Å²) in [5.74, 6) is -0.329. The van der Waals surface area contributed by atoms with Gasteiger partial charge in [0.05, 0.1) is 11.6 Å². The van der Waals surface area contributed by atoms with Gasteiger partial charge in [0, 0.05) is 18.1 Å². The number of nitrogens with zero attached hydrogens (tertiary/aromatic N) is 3. The second-order valence-corrected chi connectivity index (χ2v) is 4.28. The van der Waals surface area contributed by atoms with Gasteiger partial charge < -0.3 is 5.32 Å². The zero-order valence-corrected chi connectivity index (χ0v) is 10.8. The van der Waals surface area contributed by atoms with Crippen LogP contribution in [0.3, 0.4) is 0 Å². The Hall–Kier alpha value is -2.94. The molecule has 0 fully saturated rings. The third-order valence-corrected chi connectivity index (χ3v) is 2.60. The predicted octanol–water partition coefficient (Wildman–Crippen LogP) is 1.06. The van der Waals surface area contributed by atoms with Crippen LogP contribution in [0.25, 0.3) is 0 Å². The maximum atomic E-state index is 11.8. The van der Waals surface area contributed by atoms with Gasteiger partial charge in [-0.15, -0.1) is 0 Å². The number of hydrogen-bond donors (Lipinski definition) is 1. The highest BCUT2D eigenvalue weighted by Crippen LogP contribution is 2.08. The average molecular weight is 268 g/mol. The van der Waals surface area contributed by atoms with E-state index >= 15 is 0 Å². The largest absolute Gasteiger partial charge is 0.347 e. The van der Waals surface area contributed by atoms with E-state index in [4.69, 9.17) is 5.26 Å². The summed E-state index contributed by atoms with van der Waals surface area (Å²) in [7, 11) is 0. The van der Waals surface area contributed by atoms with Crippen molar-refractivity contribution in [3.05, 3.63) is 58.3 Å². The Labute approximate surface area is 115 Å². The van der Waals surface area contributed by atoms with E-state index in [1.807, 2.05) is 6.07 Å². The number of benzene rings is 1. The Balaban J connectivity index is 2.07. The second kappa shape index (κ2) is 5.80. The first-order valence-electron chi connectivity index (χ1n) is 5.91. The minimum absolute atomic E-state index is 0.104. The fourth-order valence-corrected chi connectivity index (χ4v) is 1.66. The maximum Gasteiger partial charge on any atom is 0.347 e. The number of nitriles is 1. The molecule has 0 bridgehead atoms. The fraction of sp³-hybridized carbons (Fsp3) is 0.143. The van der Waals surface area contributed by atoms with Crippen molar-refractivity contribution in [2.45, 2.75) is 13.5 Å². The summed E-state index contributed by atoms with van der Waals surface area (Å²) >= 11 is 0. The topological polar surface area (TPSA) is 87.8 Å². The van der Waals surface area contributed by atoms with Crippen LogP contribution in [0.4, 0.5) is 5.69 Å². The van der Waals surface area contributed by atoms with Gasteiger partial charge in [-0.2, -0.15) is 5.26 Å². The van der Waals surface area contributed by atoms with Gasteiger partial charge in [-0.05, 0) is 36.8 Å². The van der Waals surface area contributed by atoms with Crippen LogP contribution in [-0.2, 0) is 11.3 Å². The monoisotopic (exact) mass is 268 g/mol. The molecule has 20 heavy (non-hydrogen) atoms. The van der Waals surface area contributed by atoms with E-state index < -0.39 is 5.69 Å². The number of aromatic nitrogens is 2. The zero-order chi connectivity index (χ0) is 14.5. The molecule has 1 N–H and O–H groups in total. The number of amides is 1. The van der Waals surface area contributed by atoms with Crippen molar-refractivity contribution in [2.75, 3.05) is 5.32 Å². The third-order valence-electron chi connectivity index (χ3n) is 2.60. The SMILES string of the molecule is Cc1cnc(=O)n(CC(=O)Nc2ccc(C#N)cc2)c1. The summed E-state index contributed by atoms with van der Waals surface area (Å²) in [4.78, 5) is 27.0. The lowest BCUT2D eigenvalue weighted by atomic mass is 10.2. The molecule has 1 aromatic carbocycles. The molecule has 6 heteroatoms. The first-order chi connectivity index (χ1) is 9.58. The highest BCUT2D eigenvalue weighted by molar-refractivity contribution is 5.90. The van der Waals surface area contributed by atoms with E-state index in [0.717, 1.165) is 5.56 Å². The standard InChI is InChI=1S/C14H12N4O2/c1-10-7-16-14(20)18(8-10)9-13(19)17-12-4-2-11(6-15)3-5-12/h2-5,7-8H,9H2,1H3,(H,17,19). The summed E-state index contributed by atoms with van der Waals surface area (Å²) in [5.41, 5.74) is 1.42. The van der Waals surface area contributed by atoms with Crippen LogP contribution < -0.4 is 11.0 Å². The summed E-state index contributed by atoms with van der Waals surface area (Å²) in [5, 5.41) is 11.3. The van der Waals surface area contributed by atoms with E-state index in [2.05, 4.69) is 10.3 Å². The van der Waals surface area contributed by atoms with Crippen LogP contribution in [0.2, 0.25) is 0 Å². The van der Waals surface area contributed by atoms with Crippen molar-refractivity contribution in [2.24, 2.45) is 0 Å². The van der Waals surface area contributed by atoms with Crippen molar-refractivity contribution in [3.8, 4) is 6.07 Å². The Morgan fingerprint density at radius 2 is 2.10 bits per heavy atom. The first-order valence-corrected chi connectivity index (χ1v) is 5.91. The molecule has 0 unspecified atom stereocenters. The smallest absolute Gasteiger partial charge is 0.325 e. The molecule has 0 atom stereocenters. The molecule has 0 saturated heterocycles. The molecule has 100 valence electrons. The van der Waals surface area contributed by atoms with E-state index in [1.165, 1.54) is 10.8 Å². The number of nitrogens with one attached hydrogen (secondary N) is 1. The van der Waals surface area contributed by atoms with Gasteiger partial charge in [-0.1, -0.05) is 0 Å². The van der Waals surface area contributed by atoms with Gasteiger partial charge >= 0.3 is 5.69 Å². The van der Waals surface area contributed by atoms with Crippen molar-refractivity contribution < 1.29 is 4.79 Å². The molecule has 6 nitrogen and oxygen atoms in total. The van der Waals surface area contributed by atoms with E-state index in [9.17, 15) is 9.59 Å². The molecule has 1 heterocycles. The van der Waals surface area contributed by atoms with Crippen LogP contribution in [0.15, 0.2) is 41.5 Å². The van der Waals surface area contributed by atoms with Crippen LogP contribution in [-0.4, -0.2) is 15.5 Å². The van der Waals surface area contributed by atoms with E-state index in [-0.39, 0.29) is 12.5 Å². The Morgan fingerprint density at radius 1 is 1.40 bits per heavy atom. The lowest BCUT2D eigenvalue weighted by Crippen LogP contribution is -2.28. The minimum atomic E-state index is -0.467. The molecule has 0 aliphatic rings. The molecule has 0 radical (unpaired) electrons. The Bertz CT molecular complexity index is 726. The average Bonchev–Trinajstić information content (AvgIpc) is 2.43. The summed E-state index contributed by atoms with van der Waals surface area (Å²) in [6.07, 6.45) is 3.03. The van der Waals surface area contributed by atoms with Crippen molar-refractivity contribution in [3.63, 3.8) is 0 Å². The molecule has 1 aromatic heterocycles. The third kappa shape index (κ3) is 3.29. The summed E-state index contributed by atoms with van der Waals surface area (Å²) in [6, 6.07) is 8.47. The van der Waals surface area contributed by atoms with Gasteiger partial charge in [0.25, 0.3) is 0 Å². The number of hydrogen-bond acceptors (Lipinski definition) is 4. The van der Waals surface area contributed by atoms with E-state index in [0.29, 0.717) is 11.3 Å². The highest BCUT2D eigenvalue weighted by Gasteiger charge is 2.06. The van der Waals surface area contributed by atoms with E-state index in [1.54, 1.807) is 37.4 Å². The van der Waals surface area contributed by atoms with Gasteiger partial charge in [0.15, 0.2) is 0 Å². The molecule has 2 aromatic rings. The summed E-state index contributed by atoms with van der Waals surface area (Å²) < 4.78 is 1.24. The fourth-order valence-electron chi connectivity index (χ4n) is 1.66. The quantitative estimate of drug-likeness (QED) is 0.901. The molecule has 0 aliphatic heterocycles. The number of carbonyl (C=O) groups excluding carboxylic acids is 1. The molecule has 2 rings (SSSR count). The van der Waals surface area contributed by atoms with Crippen LogP contribution >= 0.6 is 0 Å². The van der Waals surface area contributed by atoms with Crippen molar-refractivity contribution in [1.82, 2.24) is 9.55 Å². The van der Waals surface area contributed by atoms with Gasteiger partial charge in [-0.3, -0.25) is 9.36 Å². The Morgan fingerprint density at radius 3 is 2.75 bits per heavy atom. The lowest BCUT2D eigenvalue weighted by Gasteiger charge is -2.07. The zero-order valence-electron chi connectivity index (χ0n) is 10.8. The molecule has 0 aliphatic carbocycles. The number of anilines is 1. The summed E-state index contributed by atoms with van der Waals surface area (Å²) in [6.45, 7) is 1.69. The van der Waals surface area contributed by atoms with Gasteiger partial charge in [0.2, 0.25) is 5.91 Å². The minimum Gasteiger partial charge on any atom is -0.325 e. The molecule has 0 spiro atoms. The number of aryl methyl sites for hydroxylation is 1. The second-order valence-electron chi connectivity index (χ2n) is 4.28. The van der Waals surface area contributed by atoms with Crippen molar-refractivity contribution >= 4 is 11.6 Å². The first kappa shape index (κ1) is 13.5. The lowest BCUT2D eigenvalue weighted by molar-refractivity contribution is -0.116. The van der Waals surface area contributed by atoms with Crippen molar-refractivity contribution in [1.29, 1.82) is 5.26 Å². The predicted molar refractivity (Wildman–Crippen MR) is 73.0 cm³/mol. The highest BCUT2D eigenvalue weighted by atomic mass is 16.2. The van der Waals surface area contributed by atoms with Gasteiger partial charge in [-0.25, -0.2) is 9.78 Å². The molecule has 1 amide bonds. The molecule has 0 saturated carbocycles. The van der Waals surface area contributed by atoms with Crippen LogP contribution in [0.1, 0.15) is 11.1 Å². The van der Waals surface area contributed by atoms with Gasteiger partial charge in [0.1, 0.15) is 6.54 Å². The van der Waals surface area contributed by atoms with Crippen LogP contribution in [0, 0.1) is 18.3 Å². The maximum absolute atomic E-state index is 11.8. The Kier molecular flexibility index (Phi) is 3.91. The number of carbonyl (C=O) groups is 1. The number of rotatable bonds is 3. The molecular formula is C14H12N4O2. The van der Waals surface area contributed by atoms with Crippen LogP contribution in [0.5, 0.6) is 0 Å². The normalized spacial score (nSPS) is 9.80. The molecular weight excluding hydrogens is 256 g/mol.